The summed E-state index contributed by atoms with van der Waals surface area (Å²) in [5, 5.41) is 7.29. The highest BCUT2D eigenvalue weighted by molar-refractivity contribution is 5.79. The number of rotatable bonds is 6. The van der Waals surface area contributed by atoms with Crippen LogP contribution < -0.4 is 5.32 Å². The van der Waals surface area contributed by atoms with Crippen molar-refractivity contribution < 1.29 is 14.1 Å². The molecule has 0 bridgehead atoms. The molecule has 1 aromatic heterocycles. The molecule has 7 nitrogen and oxygen atoms in total. The van der Waals surface area contributed by atoms with E-state index in [1.54, 1.807) is 0 Å². The molecule has 1 unspecified atom stereocenters. The maximum absolute atomic E-state index is 12.6. The number of nitrogens with one attached hydrogen (secondary N) is 1. The minimum absolute atomic E-state index is 0.0272. The van der Waals surface area contributed by atoms with Crippen LogP contribution in [0.2, 0.25) is 0 Å². The molecular weight excluding hydrogens is 380 g/mol. The third kappa shape index (κ3) is 4.26. The number of amides is 2. The lowest BCUT2D eigenvalue weighted by molar-refractivity contribution is -0.134. The van der Waals surface area contributed by atoms with Crippen LogP contribution in [0.25, 0.3) is 0 Å². The highest BCUT2D eigenvalue weighted by Gasteiger charge is 2.58. The van der Waals surface area contributed by atoms with Crippen LogP contribution in [0.5, 0.6) is 0 Å². The van der Waals surface area contributed by atoms with E-state index in [2.05, 4.69) is 15.5 Å². The van der Waals surface area contributed by atoms with Gasteiger partial charge in [-0.3, -0.25) is 9.59 Å². The molecule has 2 saturated carbocycles. The first kappa shape index (κ1) is 21.3. The average molecular weight is 417 g/mol. The number of aromatic nitrogens is 2. The second-order valence-corrected chi connectivity index (χ2v) is 10.1. The lowest BCUT2D eigenvalue weighted by Gasteiger charge is -2.26. The number of hydrogen-bond donors (Lipinski definition) is 1. The highest BCUT2D eigenvalue weighted by Crippen LogP contribution is 2.50. The Morgan fingerprint density at radius 3 is 2.70 bits per heavy atom. The van der Waals surface area contributed by atoms with Gasteiger partial charge in [0, 0.05) is 31.5 Å². The molecule has 7 heteroatoms. The van der Waals surface area contributed by atoms with E-state index in [1.165, 1.54) is 32.1 Å². The Bertz CT molecular complexity index is 770. The molecule has 0 spiro atoms. The van der Waals surface area contributed by atoms with E-state index in [4.69, 9.17) is 4.52 Å². The molecular formula is C23H36N4O3. The molecule has 30 heavy (non-hydrogen) atoms. The molecule has 1 N–H and O–H groups in total. The van der Waals surface area contributed by atoms with Gasteiger partial charge in [-0.05, 0) is 38.0 Å². The zero-order chi connectivity index (χ0) is 21.3. The fourth-order valence-corrected chi connectivity index (χ4v) is 5.96. The first-order valence-electron chi connectivity index (χ1n) is 11.8. The maximum atomic E-state index is 12.6. The average Bonchev–Trinajstić information content (AvgIpc) is 3.39. The Labute approximate surface area is 179 Å². The molecule has 1 saturated heterocycles. The monoisotopic (exact) mass is 416 g/mol. The Morgan fingerprint density at radius 2 is 2.03 bits per heavy atom. The Morgan fingerprint density at radius 1 is 1.27 bits per heavy atom. The van der Waals surface area contributed by atoms with Crippen molar-refractivity contribution in [2.24, 2.45) is 17.8 Å². The van der Waals surface area contributed by atoms with Crippen LogP contribution in [0.15, 0.2) is 4.52 Å². The van der Waals surface area contributed by atoms with Crippen molar-refractivity contribution >= 4 is 11.8 Å². The third-order valence-corrected chi connectivity index (χ3v) is 7.50. The number of fused-ring (bicyclic) bond motifs is 1. The van der Waals surface area contributed by atoms with Crippen LogP contribution in [-0.4, -0.2) is 46.0 Å². The zero-order valence-corrected chi connectivity index (χ0v) is 18.7. The van der Waals surface area contributed by atoms with Crippen molar-refractivity contribution in [2.75, 3.05) is 13.1 Å². The molecule has 0 radical (unpaired) electrons. The van der Waals surface area contributed by atoms with Crippen LogP contribution >= 0.6 is 0 Å². The fourth-order valence-electron chi connectivity index (χ4n) is 5.96. The minimum Gasteiger partial charge on any atom is -0.353 e. The van der Waals surface area contributed by atoms with Gasteiger partial charge in [0.15, 0.2) is 5.82 Å². The summed E-state index contributed by atoms with van der Waals surface area (Å²) in [4.78, 5) is 31.8. The van der Waals surface area contributed by atoms with E-state index in [-0.39, 0.29) is 35.1 Å². The summed E-state index contributed by atoms with van der Waals surface area (Å²) in [6.07, 6.45) is 9.77. The Hall–Kier alpha value is -1.92. The third-order valence-electron chi connectivity index (χ3n) is 7.50. The fraction of sp³-hybridized carbons (Fsp3) is 0.826. The van der Waals surface area contributed by atoms with Gasteiger partial charge in [-0.25, -0.2) is 0 Å². The van der Waals surface area contributed by atoms with E-state index in [0.717, 1.165) is 25.2 Å². The van der Waals surface area contributed by atoms with E-state index in [9.17, 15) is 9.59 Å². The summed E-state index contributed by atoms with van der Waals surface area (Å²) in [6, 6.07) is 0.109. The highest BCUT2D eigenvalue weighted by atomic mass is 16.5. The number of carbonyl (C=O) groups is 2. The summed E-state index contributed by atoms with van der Waals surface area (Å²) in [5.74, 6) is 2.51. The normalized spacial score (nSPS) is 29.4. The van der Waals surface area contributed by atoms with Crippen LogP contribution in [0, 0.1) is 24.7 Å². The Balaban J connectivity index is 1.40. The Kier molecular flexibility index (Phi) is 6.16. The molecule has 2 amide bonds. The van der Waals surface area contributed by atoms with Gasteiger partial charge in [0.25, 0.3) is 0 Å². The largest absolute Gasteiger partial charge is 0.353 e. The van der Waals surface area contributed by atoms with Gasteiger partial charge < -0.3 is 14.7 Å². The number of nitrogens with zero attached hydrogens (tertiary/aromatic N) is 3. The molecule has 166 valence electrons. The summed E-state index contributed by atoms with van der Waals surface area (Å²) >= 11 is 0. The smallest absolute Gasteiger partial charge is 0.235 e. The number of likely N-dealkylation sites (tertiary alicyclic amines) is 1. The molecule has 2 heterocycles. The van der Waals surface area contributed by atoms with Crippen LogP contribution in [-0.2, 0) is 15.0 Å². The first-order chi connectivity index (χ1) is 14.4. The van der Waals surface area contributed by atoms with Crippen LogP contribution in [0.3, 0.4) is 0 Å². The van der Waals surface area contributed by atoms with Crippen molar-refractivity contribution in [2.45, 2.75) is 90.0 Å². The topological polar surface area (TPSA) is 88.3 Å². The standard InChI is InChI=1S/C23H36N4O3/c1-15(2)21(29)27-13-18-11-19(12-23(18,14-27)22-24-16(3)26-30-22)25-20(28)10-9-17-7-5-4-6-8-17/h15,17-19H,4-14H2,1-3H3,(H,25,28)/t18?,19-,23+/m1/s1. The summed E-state index contributed by atoms with van der Waals surface area (Å²) in [5.41, 5.74) is -0.340. The maximum Gasteiger partial charge on any atom is 0.235 e. The SMILES string of the molecule is Cc1noc([C@]23C[C@H](NC(=O)CCC4CCCCC4)CC2CN(C(=O)C(C)C)C3)n1. The molecule has 3 atom stereocenters. The van der Waals surface area contributed by atoms with Crippen molar-refractivity contribution in [3.8, 4) is 0 Å². The predicted octanol–water partition coefficient (Wildman–Crippen LogP) is 3.37. The number of hydrogen-bond acceptors (Lipinski definition) is 5. The lowest BCUT2D eigenvalue weighted by Crippen LogP contribution is -2.40. The zero-order valence-electron chi connectivity index (χ0n) is 18.7. The minimum atomic E-state index is -0.340. The molecule has 2 aliphatic carbocycles. The van der Waals surface area contributed by atoms with Crippen LogP contribution in [0.4, 0.5) is 0 Å². The predicted molar refractivity (Wildman–Crippen MR) is 113 cm³/mol. The van der Waals surface area contributed by atoms with Crippen molar-refractivity contribution in [1.82, 2.24) is 20.4 Å². The van der Waals surface area contributed by atoms with Gasteiger partial charge in [-0.1, -0.05) is 51.1 Å². The van der Waals surface area contributed by atoms with Gasteiger partial charge in [0.1, 0.15) is 0 Å². The second-order valence-electron chi connectivity index (χ2n) is 10.1. The lowest BCUT2D eigenvalue weighted by atomic mass is 9.80. The van der Waals surface area contributed by atoms with E-state index in [0.29, 0.717) is 31.2 Å². The van der Waals surface area contributed by atoms with E-state index < -0.39 is 0 Å². The van der Waals surface area contributed by atoms with Gasteiger partial charge in [-0.2, -0.15) is 4.98 Å². The van der Waals surface area contributed by atoms with Gasteiger partial charge in [0.05, 0.1) is 5.41 Å². The number of carbonyl (C=O) groups excluding carboxylic acids is 2. The van der Waals surface area contributed by atoms with Crippen molar-refractivity contribution in [1.29, 1.82) is 0 Å². The van der Waals surface area contributed by atoms with Crippen LogP contribution in [0.1, 0.15) is 83.3 Å². The van der Waals surface area contributed by atoms with Gasteiger partial charge >= 0.3 is 0 Å². The molecule has 4 rings (SSSR count). The summed E-state index contributed by atoms with van der Waals surface area (Å²) in [7, 11) is 0. The second kappa shape index (κ2) is 8.67. The number of aryl methyl sites for hydroxylation is 1. The summed E-state index contributed by atoms with van der Waals surface area (Å²) < 4.78 is 5.61. The van der Waals surface area contributed by atoms with Crippen molar-refractivity contribution in [3.05, 3.63) is 11.7 Å². The van der Waals surface area contributed by atoms with Gasteiger partial charge in [0.2, 0.25) is 17.7 Å². The van der Waals surface area contributed by atoms with E-state index >= 15 is 0 Å². The van der Waals surface area contributed by atoms with Crippen molar-refractivity contribution in [3.63, 3.8) is 0 Å². The van der Waals surface area contributed by atoms with Gasteiger partial charge in [-0.15, -0.1) is 0 Å². The first-order valence-corrected chi connectivity index (χ1v) is 11.8. The molecule has 1 aromatic rings. The molecule has 3 aliphatic rings. The van der Waals surface area contributed by atoms with E-state index in [1.807, 2.05) is 25.7 Å². The summed E-state index contributed by atoms with van der Waals surface area (Å²) in [6.45, 7) is 7.01. The molecule has 0 aromatic carbocycles. The molecule has 3 fully saturated rings. The quantitative estimate of drug-likeness (QED) is 0.768. The molecule has 1 aliphatic heterocycles.